The first-order valence-corrected chi connectivity index (χ1v) is 7.43. The summed E-state index contributed by atoms with van der Waals surface area (Å²) in [6.07, 6.45) is 3.24. The number of aliphatic hydroxyl groups excluding tert-OH is 1. The van der Waals surface area contributed by atoms with Crippen molar-refractivity contribution in [2.45, 2.75) is 44.9 Å². The minimum absolute atomic E-state index is 0.0477. The van der Waals surface area contributed by atoms with Crippen LogP contribution in [0.2, 0.25) is 0 Å². The Hall–Kier alpha value is -1.17. The average molecular weight is 277 g/mol. The van der Waals surface area contributed by atoms with Gasteiger partial charge in [0, 0.05) is 24.3 Å². The van der Waals surface area contributed by atoms with E-state index >= 15 is 0 Å². The van der Waals surface area contributed by atoms with E-state index in [1.807, 2.05) is 0 Å². The molecule has 0 saturated carbocycles. The second kappa shape index (κ2) is 5.68. The Morgan fingerprint density at radius 1 is 1.50 bits per heavy atom. The number of hydrogen-bond donors (Lipinski definition) is 2. The molecule has 0 radical (unpaired) electrons. The highest BCUT2D eigenvalue weighted by molar-refractivity contribution is 5.52. The smallest absolute Gasteiger partial charge is 0.133 e. The first-order valence-electron chi connectivity index (χ1n) is 7.43. The lowest BCUT2D eigenvalue weighted by Gasteiger charge is -2.39. The summed E-state index contributed by atoms with van der Waals surface area (Å²) >= 11 is 0. The summed E-state index contributed by atoms with van der Waals surface area (Å²) in [4.78, 5) is 7.12. The van der Waals surface area contributed by atoms with Crippen molar-refractivity contribution in [3.05, 3.63) is 22.9 Å². The molecule has 1 saturated heterocycles. The Bertz CT molecular complexity index is 492. The van der Waals surface area contributed by atoms with Crippen molar-refractivity contribution in [3.8, 4) is 0 Å². The second-order valence-electron chi connectivity index (χ2n) is 5.77. The molecule has 2 unspecified atom stereocenters. The zero-order chi connectivity index (χ0) is 14.1. The largest absolute Gasteiger partial charge is 0.394 e. The number of ether oxygens (including phenoxy) is 1. The highest BCUT2D eigenvalue weighted by Gasteiger charge is 2.29. The summed E-state index contributed by atoms with van der Waals surface area (Å²) in [6, 6.07) is 2.48. The molecule has 5 heteroatoms. The molecule has 3 rings (SSSR count). The molecule has 2 atom stereocenters. The van der Waals surface area contributed by atoms with E-state index in [2.05, 4.69) is 17.9 Å². The molecule has 110 valence electrons. The summed E-state index contributed by atoms with van der Waals surface area (Å²) in [6.45, 7) is 3.98. The Morgan fingerprint density at radius 2 is 2.35 bits per heavy atom. The quantitative estimate of drug-likeness (QED) is 0.847. The highest BCUT2D eigenvalue weighted by Crippen LogP contribution is 2.29. The number of rotatable bonds is 3. The number of aryl methyl sites for hydroxylation is 2. The molecule has 1 aromatic rings. The van der Waals surface area contributed by atoms with Crippen molar-refractivity contribution in [2.24, 2.45) is 5.73 Å². The van der Waals surface area contributed by atoms with Gasteiger partial charge in [0.15, 0.2) is 0 Å². The molecule has 20 heavy (non-hydrogen) atoms. The van der Waals surface area contributed by atoms with Crippen LogP contribution in [-0.2, 0) is 24.1 Å². The zero-order valence-electron chi connectivity index (χ0n) is 12.0. The van der Waals surface area contributed by atoms with Gasteiger partial charge in [-0.25, -0.2) is 4.98 Å². The number of aromatic nitrogens is 1. The van der Waals surface area contributed by atoms with Crippen LogP contribution < -0.4 is 10.6 Å². The lowest BCUT2D eigenvalue weighted by atomic mass is 10.1. The van der Waals surface area contributed by atoms with E-state index in [0.717, 1.165) is 24.2 Å². The van der Waals surface area contributed by atoms with Gasteiger partial charge >= 0.3 is 0 Å². The molecule has 2 aliphatic rings. The van der Waals surface area contributed by atoms with Crippen LogP contribution in [0.4, 0.5) is 5.82 Å². The molecule has 1 aliphatic heterocycles. The van der Waals surface area contributed by atoms with Crippen LogP contribution in [0, 0.1) is 0 Å². The highest BCUT2D eigenvalue weighted by atomic mass is 16.5. The number of fused-ring (bicyclic) bond motifs is 1. The predicted octanol–water partition coefficient (Wildman–Crippen LogP) is 0.615. The fourth-order valence-electron chi connectivity index (χ4n) is 3.13. The fraction of sp³-hybridized carbons (Fsp3) is 0.667. The van der Waals surface area contributed by atoms with E-state index in [9.17, 15) is 5.11 Å². The maximum absolute atomic E-state index is 9.33. The number of nitrogens with two attached hydrogens (primary N) is 1. The average Bonchev–Trinajstić information content (AvgIpc) is 2.93. The third kappa shape index (κ3) is 2.41. The Balaban J connectivity index is 1.95. The third-order valence-corrected chi connectivity index (χ3v) is 4.31. The first kappa shape index (κ1) is 13.8. The van der Waals surface area contributed by atoms with Crippen LogP contribution in [0.15, 0.2) is 6.07 Å². The summed E-state index contributed by atoms with van der Waals surface area (Å²) in [5.74, 6) is 0.988. The molecule has 0 amide bonds. The van der Waals surface area contributed by atoms with Crippen molar-refractivity contribution in [1.82, 2.24) is 4.98 Å². The van der Waals surface area contributed by atoms with Crippen molar-refractivity contribution >= 4 is 5.82 Å². The van der Waals surface area contributed by atoms with Gasteiger partial charge in [0.2, 0.25) is 0 Å². The van der Waals surface area contributed by atoms with Crippen LogP contribution in [0.3, 0.4) is 0 Å². The maximum Gasteiger partial charge on any atom is 0.133 e. The van der Waals surface area contributed by atoms with Gasteiger partial charge in [-0.05, 0) is 37.8 Å². The van der Waals surface area contributed by atoms with Gasteiger partial charge in [0.1, 0.15) is 5.82 Å². The Kier molecular flexibility index (Phi) is 3.92. The lowest BCUT2D eigenvalue weighted by Crippen LogP contribution is -2.50. The van der Waals surface area contributed by atoms with Crippen molar-refractivity contribution in [2.75, 3.05) is 24.7 Å². The Morgan fingerprint density at radius 3 is 3.10 bits per heavy atom. The molecule has 3 N–H and O–H groups in total. The van der Waals surface area contributed by atoms with Gasteiger partial charge < -0.3 is 20.5 Å². The van der Waals surface area contributed by atoms with E-state index in [1.54, 1.807) is 0 Å². The normalized spacial score (nSPS) is 25.9. The molecule has 2 heterocycles. The van der Waals surface area contributed by atoms with E-state index in [-0.39, 0.29) is 18.8 Å². The molecule has 1 fully saturated rings. The minimum atomic E-state index is -0.133. The number of anilines is 1. The van der Waals surface area contributed by atoms with E-state index < -0.39 is 0 Å². The monoisotopic (exact) mass is 277 g/mol. The number of aliphatic hydroxyl groups is 1. The molecule has 1 aliphatic carbocycles. The summed E-state index contributed by atoms with van der Waals surface area (Å²) in [5, 5.41) is 9.33. The van der Waals surface area contributed by atoms with E-state index in [4.69, 9.17) is 15.5 Å². The van der Waals surface area contributed by atoms with Crippen molar-refractivity contribution in [1.29, 1.82) is 0 Å². The summed E-state index contributed by atoms with van der Waals surface area (Å²) in [5.41, 5.74) is 9.60. The first-order chi connectivity index (χ1) is 9.72. The van der Waals surface area contributed by atoms with Gasteiger partial charge in [-0.1, -0.05) is 0 Å². The second-order valence-corrected chi connectivity index (χ2v) is 5.77. The van der Waals surface area contributed by atoms with Gasteiger partial charge in [-0.3, -0.25) is 0 Å². The van der Waals surface area contributed by atoms with Crippen LogP contribution in [0.25, 0.3) is 0 Å². The molecule has 0 bridgehead atoms. The standard InChI is InChI=1S/C15H23N3O2/c1-10-9-20-13(8-19)7-18(10)15-12(6-16)5-11-3-2-4-14(11)17-15/h5,10,13,19H,2-4,6-9,16H2,1H3. The summed E-state index contributed by atoms with van der Waals surface area (Å²) in [7, 11) is 0. The SMILES string of the molecule is CC1COC(CO)CN1c1nc2c(cc1CN)CCC2. The molecular weight excluding hydrogens is 254 g/mol. The van der Waals surface area contributed by atoms with E-state index in [1.165, 1.54) is 17.7 Å². The number of morpholine rings is 1. The number of hydrogen-bond acceptors (Lipinski definition) is 5. The van der Waals surface area contributed by atoms with Crippen molar-refractivity contribution in [3.63, 3.8) is 0 Å². The molecule has 1 aromatic heterocycles. The van der Waals surface area contributed by atoms with Crippen LogP contribution in [0.1, 0.15) is 30.2 Å². The van der Waals surface area contributed by atoms with Crippen LogP contribution in [0.5, 0.6) is 0 Å². The molecular formula is C15H23N3O2. The fourth-order valence-corrected chi connectivity index (χ4v) is 3.13. The van der Waals surface area contributed by atoms with Crippen LogP contribution >= 0.6 is 0 Å². The Labute approximate surface area is 119 Å². The molecule has 5 nitrogen and oxygen atoms in total. The molecule has 0 aromatic carbocycles. The topological polar surface area (TPSA) is 71.6 Å². The van der Waals surface area contributed by atoms with Gasteiger partial charge in [-0.15, -0.1) is 0 Å². The minimum Gasteiger partial charge on any atom is -0.394 e. The van der Waals surface area contributed by atoms with Gasteiger partial charge in [0.25, 0.3) is 0 Å². The van der Waals surface area contributed by atoms with Gasteiger partial charge in [0.05, 0.1) is 25.4 Å². The third-order valence-electron chi connectivity index (χ3n) is 4.31. The van der Waals surface area contributed by atoms with E-state index in [0.29, 0.717) is 19.7 Å². The lowest BCUT2D eigenvalue weighted by molar-refractivity contribution is -0.0106. The maximum atomic E-state index is 9.33. The predicted molar refractivity (Wildman–Crippen MR) is 77.8 cm³/mol. The summed E-state index contributed by atoms with van der Waals surface area (Å²) < 4.78 is 5.61. The van der Waals surface area contributed by atoms with Gasteiger partial charge in [-0.2, -0.15) is 0 Å². The number of pyridine rings is 1. The zero-order valence-corrected chi connectivity index (χ0v) is 12.0. The van der Waals surface area contributed by atoms with Crippen LogP contribution in [-0.4, -0.2) is 42.0 Å². The molecule has 0 spiro atoms. The van der Waals surface area contributed by atoms with Crippen molar-refractivity contribution < 1.29 is 9.84 Å². The number of nitrogens with zero attached hydrogens (tertiary/aromatic N) is 2.